The van der Waals surface area contributed by atoms with Crippen LogP contribution in [0.5, 0.6) is 5.88 Å². The van der Waals surface area contributed by atoms with Gasteiger partial charge in [0.25, 0.3) is 0 Å². The molecule has 0 amide bonds. The highest BCUT2D eigenvalue weighted by Crippen LogP contribution is 2.57. The summed E-state index contributed by atoms with van der Waals surface area (Å²) in [6.45, 7) is 1.56. The van der Waals surface area contributed by atoms with Crippen molar-refractivity contribution in [3.63, 3.8) is 0 Å². The van der Waals surface area contributed by atoms with Crippen LogP contribution in [0.15, 0.2) is 66.7 Å². The molecule has 7 nitrogen and oxygen atoms in total. The van der Waals surface area contributed by atoms with E-state index >= 15 is 8.78 Å². The predicted octanol–water partition coefficient (Wildman–Crippen LogP) is 7.80. The largest absolute Gasteiger partial charge is 0.478 e. The molecule has 3 aromatic carbocycles. The monoisotopic (exact) mass is 667 g/mol. The van der Waals surface area contributed by atoms with E-state index in [1.54, 1.807) is 29.7 Å². The van der Waals surface area contributed by atoms with Crippen LogP contribution in [-0.2, 0) is 24.3 Å². The number of ether oxygens (including phenoxy) is 2. The minimum atomic E-state index is -4.53. The summed E-state index contributed by atoms with van der Waals surface area (Å²) in [5, 5.41) is 9.55. The first-order chi connectivity index (χ1) is 22.8. The Hall–Kier alpha value is -4.91. The van der Waals surface area contributed by atoms with Crippen LogP contribution in [0.3, 0.4) is 0 Å². The van der Waals surface area contributed by atoms with Crippen LogP contribution in [0.1, 0.15) is 45.7 Å². The number of halogens is 6. The molecule has 13 heteroatoms. The molecule has 5 aromatic rings. The number of alkyl halides is 3. The van der Waals surface area contributed by atoms with Crippen molar-refractivity contribution in [3.05, 3.63) is 112 Å². The second kappa shape index (κ2) is 11.7. The Kier molecular flexibility index (Phi) is 7.69. The van der Waals surface area contributed by atoms with Gasteiger partial charge in [-0.3, -0.25) is 0 Å². The molecular formula is C35H27F6N3O4. The Bertz CT molecular complexity index is 2070. The van der Waals surface area contributed by atoms with Crippen LogP contribution in [0.4, 0.5) is 26.3 Å². The van der Waals surface area contributed by atoms with E-state index in [4.69, 9.17) is 9.47 Å². The maximum absolute atomic E-state index is 15.6. The predicted molar refractivity (Wildman–Crippen MR) is 161 cm³/mol. The van der Waals surface area contributed by atoms with Gasteiger partial charge in [-0.15, -0.1) is 0 Å². The second-order valence-corrected chi connectivity index (χ2v) is 12.4. The number of aryl methyl sites for hydroxylation is 1. The van der Waals surface area contributed by atoms with E-state index in [0.29, 0.717) is 16.6 Å². The third kappa shape index (κ3) is 5.87. The van der Waals surface area contributed by atoms with Crippen molar-refractivity contribution in [3.8, 4) is 17.1 Å². The molecule has 2 saturated heterocycles. The van der Waals surface area contributed by atoms with E-state index in [1.807, 2.05) is 0 Å². The molecular weight excluding hydrogens is 640 g/mol. The SMILES string of the molecule is Cc1ccc(COc2cccc(-c3cc(F)c(Cc4nc5ccc(C(=O)O)cc5n4CC45CC(C4)C(C(F)(F)F)O5)cc3F)n2)c(F)c1. The summed E-state index contributed by atoms with van der Waals surface area (Å²) in [5.41, 5.74) is 0.342. The molecule has 48 heavy (non-hydrogen) atoms. The van der Waals surface area contributed by atoms with Crippen molar-refractivity contribution >= 4 is 17.0 Å². The topological polar surface area (TPSA) is 86.5 Å². The lowest BCUT2D eigenvalue weighted by molar-refractivity contribution is -0.217. The van der Waals surface area contributed by atoms with Crippen LogP contribution >= 0.6 is 0 Å². The first-order valence-electron chi connectivity index (χ1n) is 15.1. The molecule has 2 aliphatic heterocycles. The van der Waals surface area contributed by atoms with Crippen LogP contribution in [-0.4, -0.2) is 43.5 Å². The van der Waals surface area contributed by atoms with Gasteiger partial charge in [0.15, 0.2) is 6.10 Å². The molecule has 1 N–H and O–H groups in total. The number of hydrogen-bond acceptors (Lipinski definition) is 5. The third-order valence-electron chi connectivity index (χ3n) is 8.98. The van der Waals surface area contributed by atoms with Crippen LogP contribution in [0.25, 0.3) is 22.3 Å². The summed E-state index contributed by atoms with van der Waals surface area (Å²) in [6.07, 6.45) is -6.36. The number of imidazole rings is 1. The van der Waals surface area contributed by atoms with Crippen molar-refractivity contribution in [1.82, 2.24) is 14.5 Å². The number of hydrogen-bond donors (Lipinski definition) is 1. The first-order valence-corrected chi connectivity index (χ1v) is 15.1. The van der Waals surface area contributed by atoms with Gasteiger partial charge in [-0.05, 0) is 79.3 Å². The van der Waals surface area contributed by atoms with Crippen molar-refractivity contribution < 1.29 is 45.7 Å². The molecule has 1 saturated carbocycles. The molecule has 8 rings (SSSR count). The van der Waals surface area contributed by atoms with Gasteiger partial charge in [0.05, 0.1) is 34.4 Å². The summed E-state index contributed by atoms with van der Waals surface area (Å²) < 4.78 is 98.7. The van der Waals surface area contributed by atoms with E-state index < -0.39 is 47.2 Å². The summed E-state index contributed by atoms with van der Waals surface area (Å²) >= 11 is 0. The van der Waals surface area contributed by atoms with Crippen LogP contribution in [0.2, 0.25) is 0 Å². The standard InChI is InChI=1S/C35H27F6N3O4/c1-18-5-6-20(24(36)9-18)16-47-31-4-2-3-27(43-31)23-13-25(37)21(10-26(23)38)12-30-42-28-8-7-19(33(45)46)11-29(28)44(30)17-34-14-22(15-34)32(48-34)35(39,40)41/h2-11,13,22,32H,12,14-17H2,1H3,(H,45,46). The Morgan fingerprint density at radius 2 is 1.75 bits per heavy atom. The maximum Gasteiger partial charge on any atom is 0.414 e. The minimum Gasteiger partial charge on any atom is -0.478 e. The summed E-state index contributed by atoms with van der Waals surface area (Å²) in [7, 11) is 0. The van der Waals surface area contributed by atoms with Gasteiger partial charge in [0.1, 0.15) is 29.9 Å². The summed E-state index contributed by atoms with van der Waals surface area (Å²) in [6, 6.07) is 15.3. The quantitative estimate of drug-likeness (QED) is 0.162. The highest BCUT2D eigenvalue weighted by atomic mass is 19.4. The molecule has 4 heterocycles. The molecule has 2 bridgehead atoms. The van der Waals surface area contributed by atoms with Gasteiger partial charge >= 0.3 is 12.1 Å². The Balaban J connectivity index is 1.17. The smallest absolute Gasteiger partial charge is 0.414 e. The Labute approximate surface area is 269 Å². The Morgan fingerprint density at radius 1 is 0.979 bits per heavy atom. The lowest BCUT2D eigenvalue weighted by atomic mass is 9.72. The fourth-order valence-electron chi connectivity index (χ4n) is 6.63. The third-order valence-corrected chi connectivity index (χ3v) is 8.98. The lowest BCUT2D eigenvalue weighted by Gasteiger charge is -2.36. The highest BCUT2D eigenvalue weighted by molar-refractivity contribution is 5.92. The van der Waals surface area contributed by atoms with E-state index in [0.717, 1.165) is 17.7 Å². The number of pyridine rings is 1. The Morgan fingerprint density at radius 3 is 2.46 bits per heavy atom. The fourth-order valence-corrected chi connectivity index (χ4v) is 6.63. The average molecular weight is 668 g/mol. The van der Waals surface area contributed by atoms with E-state index in [1.165, 1.54) is 36.4 Å². The number of benzene rings is 3. The number of aromatic carboxylic acids is 1. The van der Waals surface area contributed by atoms with Gasteiger partial charge in [0.2, 0.25) is 5.88 Å². The van der Waals surface area contributed by atoms with Crippen LogP contribution < -0.4 is 4.74 Å². The zero-order valence-corrected chi connectivity index (χ0v) is 25.3. The van der Waals surface area contributed by atoms with E-state index in [9.17, 15) is 27.5 Å². The molecule has 0 spiro atoms. The molecule has 0 radical (unpaired) electrons. The number of aromatic nitrogens is 3. The number of fused-ring (bicyclic) bond motifs is 2. The van der Waals surface area contributed by atoms with Crippen LogP contribution in [0, 0.1) is 30.3 Å². The highest BCUT2D eigenvalue weighted by Gasteiger charge is 2.65. The zero-order valence-electron chi connectivity index (χ0n) is 25.3. The van der Waals surface area contributed by atoms with Gasteiger partial charge in [-0.1, -0.05) is 18.2 Å². The normalized spacial score (nSPS) is 20.2. The van der Waals surface area contributed by atoms with Crippen molar-refractivity contribution in [2.45, 2.75) is 57.2 Å². The summed E-state index contributed by atoms with van der Waals surface area (Å²) in [4.78, 5) is 20.5. The molecule has 1 unspecified atom stereocenters. The minimum absolute atomic E-state index is 0.0658. The second-order valence-electron chi connectivity index (χ2n) is 12.4. The van der Waals surface area contributed by atoms with Gasteiger partial charge in [-0.2, -0.15) is 13.2 Å². The number of carboxylic acid groups (broad SMARTS) is 1. The fraction of sp³-hybridized carbons (Fsp3) is 0.286. The van der Waals surface area contributed by atoms with Crippen molar-refractivity contribution in [1.29, 1.82) is 0 Å². The number of carbonyl (C=O) groups is 1. The molecule has 248 valence electrons. The number of rotatable bonds is 9. The van der Waals surface area contributed by atoms with E-state index in [-0.39, 0.29) is 66.5 Å². The van der Waals surface area contributed by atoms with Gasteiger partial charge in [-0.25, -0.2) is 27.9 Å². The maximum atomic E-state index is 15.6. The zero-order chi connectivity index (χ0) is 34.0. The van der Waals surface area contributed by atoms with Crippen molar-refractivity contribution in [2.75, 3.05) is 0 Å². The lowest BCUT2D eigenvalue weighted by Crippen LogP contribution is -2.41. The molecule has 3 aliphatic rings. The van der Waals surface area contributed by atoms with Crippen molar-refractivity contribution in [2.24, 2.45) is 5.92 Å². The van der Waals surface area contributed by atoms with E-state index in [2.05, 4.69) is 9.97 Å². The average Bonchev–Trinajstić information content (AvgIpc) is 3.69. The number of nitrogens with zero attached hydrogens (tertiary/aromatic N) is 3. The van der Waals surface area contributed by atoms with Gasteiger partial charge in [0, 0.05) is 23.6 Å². The molecule has 1 atom stereocenters. The molecule has 1 aliphatic carbocycles. The number of carboxylic acids is 1. The molecule has 2 aromatic heterocycles. The van der Waals surface area contributed by atoms with Gasteiger partial charge < -0.3 is 19.1 Å². The summed E-state index contributed by atoms with van der Waals surface area (Å²) in [5.74, 6) is -3.65. The first kappa shape index (κ1) is 31.7. The molecule has 3 fully saturated rings.